The van der Waals surface area contributed by atoms with Crippen molar-refractivity contribution in [1.82, 2.24) is 0 Å². The molecule has 0 amide bonds. The lowest BCUT2D eigenvalue weighted by Gasteiger charge is -2.72. The van der Waals surface area contributed by atoms with E-state index in [4.69, 9.17) is 4.74 Å². The highest BCUT2D eigenvalue weighted by Crippen LogP contribution is 2.77. The van der Waals surface area contributed by atoms with Gasteiger partial charge in [0.05, 0.1) is 17.3 Å². The summed E-state index contributed by atoms with van der Waals surface area (Å²) in [5.74, 6) is 0.161. The van der Waals surface area contributed by atoms with Gasteiger partial charge in [0, 0.05) is 18.3 Å². The Morgan fingerprint density at radius 2 is 1.54 bits per heavy atom. The van der Waals surface area contributed by atoms with Gasteiger partial charge < -0.3 is 9.84 Å². The van der Waals surface area contributed by atoms with Crippen LogP contribution in [0.2, 0.25) is 0 Å². The quantitative estimate of drug-likeness (QED) is 0.274. The maximum Gasteiger partial charge on any atom is 0.309 e. The standard InChI is InChI=1S/C44H62O6/c1-26(2)36-30(45)24-44(33(46)23-28-13-11-27(3)12-14-28)22-21-42(9)29(37(36)44)15-16-32-41(8)19-18-34(50-35(47)25-39(4,5)38(48)49)40(6,7)31(41)17-20-43(32,42)10/h11-14,26,29,31-32,34H,15-25H2,1-10H3,(H,48,49)/t29-,31+,32-,34+,41+,42-,43-,44+/m1/s1. The Morgan fingerprint density at radius 1 is 0.880 bits per heavy atom. The van der Waals surface area contributed by atoms with E-state index in [0.717, 1.165) is 62.5 Å². The minimum atomic E-state index is -1.16. The number of aryl methyl sites for hydroxylation is 1. The Hall–Kier alpha value is -2.76. The van der Waals surface area contributed by atoms with E-state index in [9.17, 15) is 24.3 Å². The zero-order valence-corrected chi connectivity index (χ0v) is 32.5. The minimum Gasteiger partial charge on any atom is -0.481 e. The van der Waals surface area contributed by atoms with Crippen molar-refractivity contribution < 1.29 is 29.0 Å². The fourth-order valence-corrected chi connectivity index (χ4v) is 12.9. The number of carboxylic acid groups (broad SMARTS) is 1. The topological polar surface area (TPSA) is 97.7 Å². The average molecular weight is 687 g/mol. The van der Waals surface area contributed by atoms with Crippen molar-refractivity contribution in [2.45, 2.75) is 146 Å². The molecule has 6 nitrogen and oxygen atoms in total. The second-order valence-corrected chi connectivity index (χ2v) is 19.6. The highest BCUT2D eigenvalue weighted by Gasteiger charge is 2.71. The van der Waals surface area contributed by atoms with Gasteiger partial charge in [-0.2, -0.15) is 0 Å². The second kappa shape index (κ2) is 12.2. The third kappa shape index (κ3) is 5.38. The number of hydrogen-bond acceptors (Lipinski definition) is 5. The number of benzene rings is 1. The SMILES string of the molecule is Cc1ccc(CC(=O)[C@@]23CC[C@]4(C)[C@H](CC[C@@H]5[C@@]6(C)CC[C@H](OC(=O)CC(C)(C)C(=O)O)C(C)(C)[C@@H]6CC[C@]54C)C2=C(C(C)C)C(=O)C3)cc1. The Balaban J connectivity index is 1.30. The van der Waals surface area contributed by atoms with Gasteiger partial charge in [-0.25, -0.2) is 0 Å². The van der Waals surface area contributed by atoms with Crippen molar-refractivity contribution in [3.63, 3.8) is 0 Å². The first-order valence-corrected chi connectivity index (χ1v) is 19.4. The van der Waals surface area contributed by atoms with Gasteiger partial charge in [-0.05, 0) is 129 Å². The number of carbonyl (C=O) groups excluding carboxylic acids is 3. The summed E-state index contributed by atoms with van der Waals surface area (Å²) in [5, 5.41) is 9.59. The van der Waals surface area contributed by atoms with Crippen LogP contribution < -0.4 is 0 Å². The lowest BCUT2D eigenvalue weighted by molar-refractivity contribution is -0.233. The second-order valence-electron chi connectivity index (χ2n) is 19.6. The number of esters is 1. The monoisotopic (exact) mass is 686 g/mol. The molecule has 0 aromatic heterocycles. The highest BCUT2D eigenvalue weighted by atomic mass is 16.5. The van der Waals surface area contributed by atoms with Crippen LogP contribution in [-0.2, 0) is 30.3 Å². The Kier molecular flexibility index (Phi) is 9.00. The van der Waals surface area contributed by atoms with E-state index in [0.29, 0.717) is 24.7 Å². The minimum absolute atomic E-state index is 0.0342. The van der Waals surface area contributed by atoms with Crippen LogP contribution in [-0.4, -0.2) is 34.7 Å². The summed E-state index contributed by atoms with van der Waals surface area (Å²) in [6, 6.07) is 8.29. The van der Waals surface area contributed by atoms with Crippen LogP contribution in [0, 0.1) is 63.1 Å². The molecule has 5 aliphatic carbocycles. The van der Waals surface area contributed by atoms with E-state index in [2.05, 4.69) is 79.7 Å². The number of Topliss-reactive ketones (excluding diaryl/α,β-unsaturated/α-hetero) is 2. The Bertz CT molecular complexity index is 1610. The summed E-state index contributed by atoms with van der Waals surface area (Å²) < 4.78 is 6.15. The highest BCUT2D eigenvalue weighted by molar-refractivity contribution is 6.07. The first-order valence-electron chi connectivity index (χ1n) is 19.4. The fourth-order valence-electron chi connectivity index (χ4n) is 12.9. The number of allylic oxidation sites excluding steroid dienone is 2. The molecular formula is C44H62O6. The van der Waals surface area contributed by atoms with Crippen molar-refractivity contribution in [3.05, 3.63) is 46.5 Å². The molecule has 0 spiro atoms. The molecule has 8 atom stereocenters. The van der Waals surface area contributed by atoms with Gasteiger partial charge >= 0.3 is 11.9 Å². The van der Waals surface area contributed by atoms with Gasteiger partial charge in [0.1, 0.15) is 11.9 Å². The van der Waals surface area contributed by atoms with Crippen LogP contribution >= 0.6 is 0 Å². The Morgan fingerprint density at radius 3 is 2.16 bits per heavy atom. The number of hydrogen-bond donors (Lipinski definition) is 1. The van der Waals surface area contributed by atoms with Crippen LogP contribution in [0.3, 0.4) is 0 Å². The van der Waals surface area contributed by atoms with E-state index >= 15 is 0 Å². The molecule has 1 aromatic carbocycles. The van der Waals surface area contributed by atoms with E-state index in [1.165, 1.54) is 11.1 Å². The molecule has 50 heavy (non-hydrogen) atoms. The molecule has 6 heteroatoms. The van der Waals surface area contributed by atoms with Gasteiger partial charge in [0.15, 0.2) is 5.78 Å². The third-order valence-electron chi connectivity index (χ3n) is 15.8. The van der Waals surface area contributed by atoms with E-state index < -0.39 is 22.8 Å². The molecule has 0 bridgehead atoms. The molecule has 6 rings (SSSR count). The number of fused-ring (bicyclic) bond motifs is 7. The van der Waals surface area contributed by atoms with Crippen molar-refractivity contribution in [3.8, 4) is 0 Å². The van der Waals surface area contributed by atoms with Crippen LogP contribution in [0.15, 0.2) is 35.4 Å². The number of carbonyl (C=O) groups is 4. The zero-order chi connectivity index (χ0) is 36.8. The molecule has 5 aliphatic rings. The number of carboxylic acids is 1. The van der Waals surface area contributed by atoms with Crippen LogP contribution in [0.25, 0.3) is 0 Å². The van der Waals surface area contributed by atoms with Crippen LogP contribution in [0.4, 0.5) is 0 Å². The summed E-state index contributed by atoms with van der Waals surface area (Å²) in [4.78, 5) is 53.4. The lowest BCUT2D eigenvalue weighted by atomic mass is 9.33. The van der Waals surface area contributed by atoms with Crippen molar-refractivity contribution in [2.75, 3.05) is 0 Å². The van der Waals surface area contributed by atoms with Gasteiger partial charge in [-0.15, -0.1) is 0 Å². The van der Waals surface area contributed by atoms with Crippen molar-refractivity contribution >= 4 is 23.5 Å². The summed E-state index contributed by atoms with van der Waals surface area (Å²) in [6.45, 7) is 21.6. The van der Waals surface area contributed by atoms with Gasteiger partial charge in [-0.1, -0.05) is 78.3 Å². The molecule has 0 unspecified atom stereocenters. The van der Waals surface area contributed by atoms with Gasteiger partial charge in [0.2, 0.25) is 0 Å². The van der Waals surface area contributed by atoms with Crippen LogP contribution in [0.1, 0.15) is 138 Å². The van der Waals surface area contributed by atoms with Crippen molar-refractivity contribution in [1.29, 1.82) is 0 Å². The largest absolute Gasteiger partial charge is 0.481 e. The Labute approximate surface area is 300 Å². The summed E-state index contributed by atoms with van der Waals surface area (Å²) in [6.07, 6.45) is 7.98. The molecule has 0 heterocycles. The summed E-state index contributed by atoms with van der Waals surface area (Å²) >= 11 is 0. The molecule has 4 saturated carbocycles. The first-order chi connectivity index (χ1) is 23.1. The number of aliphatic carboxylic acids is 1. The molecule has 1 N–H and O–H groups in total. The summed E-state index contributed by atoms with van der Waals surface area (Å²) in [7, 11) is 0. The average Bonchev–Trinajstić information content (AvgIpc) is 3.33. The molecule has 1 aromatic rings. The summed E-state index contributed by atoms with van der Waals surface area (Å²) in [5.41, 5.74) is 2.35. The molecule has 0 radical (unpaired) electrons. The smallest absolute Gasteiger partial charge is 0.309 e. The molecule has 0 saturated heterocycles. The first kappa shape index (κ1) is 37.0. The number of ether oxygens (including phenoxy) is 1. The van der Waals surface area contributed by atoms with Gasteiger partial charge in [-0.3, -0.25) is 19.2 Å². The van der Waals surface area contributed by atoms with Crippen LogP contribution in [0.5, 0.6) is 0 Å². The maximum absolute atomic E-state index is 14.6. The molecule has 274 valence electrons. The predicted molar refractivity (Wildman–Crippen MR) is 195 cm³/mol. The normalized spacial score (nSPS) is 37.8. The van der Waals surface area contributed by atoms with E-state index in [1.54, 1.807) is 13.8 Å². The maximum atomic E-state index is 14.6. The van der Waals surface area contributed by atoms with E-state index in [1.807, 2.05) is 0 Å². The molecular weight excluding hydrogens is 624 g/mol. The number of ketones is 2. The zero-order valence-electron chi connectivity index (χ0n) is 32.5. The fraction of sp³-hybridized carbons (Fsp3) is 0.727. The van der Waals surface area contributed by atoms with Gasteiger partial charge in [0.25, 0.3) is 0 Å². The van der Waals surface area contributed by atoms with Crippen molar-refractivity contribution in [2.24, 2.45) is 56.2 Å². The molecule has 4 fully saturated rings. The lowest BCUT2D eigenvalue weighted by Crippen LogP contribution is -2.66. The third-order valence-corrected chi connectivity index (χ3v) is 15.8. The molecule has 0 aliphatic heterocycles. The van der Waals surface area contributed by atoms with E-state index in [-0.39, 0.29) is 57.6 Å². The predicted octanol–water partition coefficient (Wildman–Crippen LogP) is 9.50. The number of rotatable bonds is 8.